The highest BCUT2D eigenvalue weighted by molar-refractivity contribution is 5.40. The fourth-order valence-corrected chi connectivity index (χ4v) is 2.87. The highest BCUT2D eigenvalue weighted by atomic mass is 16.3. The van der Waals surface area contributed by atoms with Crippen molar-refractivity contribution in [3.8, 4) is 11.5 Å². The maximum Gasteiger partial charge on any atom is 0.157 e. The molecule has 0 unspecified atom stereocenters. The van der Waals surface area contributed by atoms with Crippen LogP contribution in [0.1, 0.15) is 11.1 Å². The molecule has 116 valence electrons. The van der Waals surface area contributed by atoms with Gasteiger partial charge in [0.25, 0.3) is 0 Å². The highest BCUT2D eigenvalue weighted by Gasteiger charge is 2.17. The van der Waals surface area contributed by atoms with E-state index in [0.717, 1.165) is 44.8 Å². The smallest absolute Gasteiger partial charge is 0.157 e. The van der Waals surface area contributed by atoms with Gasteiger partial charge in [-0.1, -0.05) is 36.4 Å². The van der Waals surface area contributed by atoms with Gasteiger partial charge in [-0.15, -0.1) is 0 Å². The van der Waals surface area contributed by atoms with Gasteiger partial charge in [0.2, 0.25) is 0 Å². The van der Waals surface area contributed by atoms with E-state index in [9.17, 15) is 10.2 Å². The molecule has 2 aromatic rings. The minimum atomic E-state index is -0.0589. The molecule has 1 aliphatic heterocycles. The summed E-state index contributed by atoms with van der Waals surface area (Å²) in [7, 11) is 0. The number of piperazine rings is 1. The van der Waals surface area contributed by atoms with E-state index in [-0.39, 0.29) is 11.5 Å². The van der Waals surface area contributed by atoms with Crippen LogP contribution in [0.15, 0.2) is 48.5 Å². The summed E-state index contributed by atoms with van der Waals surface area (Å²) in [5.41, 5.74) is 2.39. The van der Waals surface area contributed by atoms with Crippen molar-refractivity contribution in [2.24, 2.45) is 0 Å². The minimum Gasteiger partial charge on any atom is -0.504 e. The molecular weight excluding hydrogens is 276 g/mol. The SMILES string of the molecule is Oc1ccc(CN2CCN(Cc3ccccc3)CC2)cc1O. The fraction of sp³-hybridized carbons (Fsp3) is 0.333. The first-order chi connectivity index (χ1) is 10.7. The Morgan fingerprint density at radius 2 is 1.27 bits per heavy atom. The number of rotatable bonds is 4. The lowest BCUT2D eigenvalue weighted by Crippen LogP contribution is -2.45. The average Bonchev–Trinajstić information content (AvgIpc) is 2.54. The van der Waals surface area contributed by atoms with Crippen molar-refractivity contribution < 1.29 is 10.2 Å². The van der Waals surface area contributed by atoms with E-state index in [4.69, 9.17) is 0 Å². The maximum absolute atomic E-state index is 9.56. The molecule has 0 spiro atoms. The lowest BCUT2D eigenvalue weighted by Gasteiger charge is -2.34. The second kappa shape index (κ2) is 6.81. The first-order valence-electron chi connectivity index (χ1n) is 7.70. The van der Waals surface area contributed by atoms with Crippen molar-refractivity contribution in [3.05, 3.63) is 59.7 Å². The molecule has 0 amide bonds. The van der Waals surface area contributed by atoms with Gasteiger partial charge in [0.15, 0.2) is 11.5 Å². The van der Waals surface area contributed by atoms with Gasteiger partial charge in [0, 0.05) is 39.3 Å². The zero-order chi connectivity index (χ0) is 15.4. The first kappa shape index (κ1) is 14.9. The molecule has 1 fully saturated rings. The predicted octanol–water partition coefficient (Wildman–Crippen LogP) is 2.42. The number of hydrogen-bond donors (Lipinski definition) is 2. The maximum atomic E-state index is 9.56. The van der Waals surface area contributed by atoms with E-state index in [0.29, 0.717) is 0 Å². The summed E-state index contributed by atoms with van der Waals surface area (Å²) in [6, 6.07) is 15.6. The molecule has 1 heterocycles. The van der Waals surface area contributed by atoms with Crippen LogP contribution in [0, 0.1) is 0 Å². The Labute approximate surface area is 131 Å². The van der Waals surface area contributed by atoms with Crippen LogP contribution in [0.4, 0.5) is 0 Å². The fourth-order valence-electron chi connectivity index (χ4n) is 2.87. The Kier molecular flexibility index (Phi) is 4.61. The molecule has 4 heteroatoms. The number of hydrogen-bond acceptors (Lipinski definition) is 4. The molecule has 0 bridgehead atoms. The summed E-state index contributed by atoms with van der Waals surface area (Å²) >= 11 is 0. The Bertz CT molecular complexity index is 608. The number of nitrogens with zero attached hydrogens (tertiary/aromatic N) is 2. The zero-order valence-corrected chi connectivity index (χ0v) is 12.7. The quantitative estimate of drug-likeness (QED) is 0.851. The van der Waals surface area contributed by atoms with E-state index >= 15 is 0 Å². The lowest BCUT2D eigenvalue weighted by atomic mass is 10.1. The van der Waals surface area contributed by atoms with Crippen LogP contribution in [-0.4, -0.2) is 46.2 Å². The standard InChI is InChI=1S/C18H22N2O2/c21-17-7-6-16(12-18(17)22)14-20-10-8-19(9-11-20)13-15-4-2-1-3-5-15/h1-7,12,21-22H,8-11,13-14H2. The van der Waals surface area contributed by atoms with E-state index < -0.39 is 0 Å². The van der Waals surface area contributed by atoms with Crippen molar-refractivity contribution in [3.63, 3.8) is 0 Å². The molecule has 1 saturated heterocycles. The molecule has 0 aromatic heterocycles. The summed E-state index contributed by atoms with van der Waals surface area (Å²) in [5, 5.41) is 18.9. The number of phenols is 2. The van der Waals surface area contributed by atoms with Crippen molar-refractivity contribution >= 4 is 0 Å². The molecule has 1 aliphatic rings. The molecule has 0 aliphatic carbocycles. The van der Waals surface area contributed by atoms with Crippen LogP contribution in [0.25, 0.3) is 0 Å². The van der Waals surface area contributed by atoms with E-state index in [1.54, 1.807) is 12.1 Å². The van der Waals surface area contributed by atoms with Gasteiger partial charge in [-0.25, -0.2) is 0 Å². The molecule has 2 N–H and O–H groups in total. The average molecular weight is 298 g/mol. The van der Waals surface area contributed by atoms with Gasteiger partial charge in [0.1, 0.15) is 0 Å². The first-order valence-corrected chi connectivity index (χ1v) is 7.70. The van der Waals surface area contributed by atoms with Gasteiger partial charge in [0.05, 0.1) is 0 Å². The third-order valence-corrected chi connectivity index (χ3v) is 4.16. The molecule has 0 radical (unpaired) electrons. The third-order valence-electron chi connectivity index (χ3n) is 4.16. The second-order valence-electron chi connectivity index (χ2n) is 5.86. The molecule has 2 aromatic carbocycles. The van der Waals surface area contributed by atoms with Gasteiger partial charge in [-0.05, 0) is 23.3 Å². The minimum absolute atomic E-state index is 0.0415. The Balaban J connectivity index is 1.50. The lowest BCUT2D eigenvalue weighted by molar-refractivity contribution is 0.122. The number of aromatic hydroxyl groups is 2. The summed E-state index contributed by atoms with van der Waals surface area (Å²) in [6.45, 7) is 5.97. The van der Waals surface area contributed by atoms with Crippen LogP contribution in [0.3, 0.4) is 0 Å². The molecule has 0 atom stereocenters. The van der Waals surface area contributed by atoms with E-state index in [1.165, 1.54) is 5.56 Å². The van der Waals surface area contributed by atoms with Gasteiger partial charge in [-0.3, -0.25) is 9.80 Å². The molecule has 22 heavy (non-hydrogen) atoms. The third kappa shape index (κ3) is 3.78. The molecule has 3 rings (SSSR count). The molecule has 4 nitrogen and oxygen atoms in total. The highest BCUT2D eigenvalue weighted by Crippen LogP contribution is 2.25. The van der Waals surface area contributed by atoms with Crippen molar-refractivity contribution in [1.29, 1.82) is 0 Å². The van der Waals surface area contributed by atoms with Gasteiger partial charge in [-0.2, -0.15) is 0 Å². The Morgan fingerprint density at radius 3 is 1.86 bits per heavy atom. The van der Waals surface area contributed by atoms with Crippen LogP contribution < -0.4 is 0 Å². The summed E-state index contributed by atoms with van der Waals surface area (Å²) in [4.78, 5) is 4.85. The van der Waals surface area contributed by atoms with Gasteiger partial charge >= 0.3 is 0 Å². The monoisotopic (exact) mass is 298 g/mol. The topological polar surface area (TPSA) is 46.9 Å². The molecular formula is C18H22N2O2. The van der Waals surface area contributed by atoms with E-state index in [1.807, 2.05) is 6.07 Å². The molecule has 0 saturated carbocycles. The van der Waals surface area contributed by atoms with Crippen molar-refractivity contribution in [2.45, 2.75) is 13.1 Å². The summed E-state index contributed by atoms with van der Waals surface area (Å²) < 4.78 is 0. The Morgan fingerprint density at radius 1 is 0.682 bits per heavy atom. The number of phenolic OH excluding ortho intramolecular Hbond substituents is 2. The normalized spacial score (nSPS) is 16.7. The van der Waals surface area contributed by atoms with Crippen LogP contribution in [0.5, 0.6) is 11.5 Å². The summed E-state index contributed by atoms with van der Waals surface area (Å²) in [6.07, 6.45) is 0. The predicted molar refractivity (Wildman–Crippen MR) is 86.8 cm³/mol. The van der Waals surface area contributed by atoms with Crippen molar-refractivity contribution in [2.75, 3.05) is 26.2 Å². The van der Waals surface area contributed by atoms with Crippen molar-refractivity contribution in [1.82, 2.24) is 9.80 Å². The summed E-state index contributed by atoms with van der Waals surface area (Å²) in [5.74, 6) is -0.100. The van der Waals surface area contributed by atoms with Crippen LogP contribution in [-0.2, 0) is 13.1 Å². The largest absolute Gasteiger partial charge is 0.504 e. The zero-order valence-electron chi connectivity index (χ0n) is 12.7. The van der Waals surface area contributed by atoms with Crippen LogP contribution in [0.2, 0.25) is 0 Å². The second-order valence-corrected chi connectivity index (χ2v) is 5.86. The van der Waals surface area contributed by atoms with Gasteiger partial charge < -0.3 is 10.2 Å². The Hall–Kier alpha value is -2.04. The van der Waals surface area contributed by atoms with E-state index in [2.05, 4.69) is 40.1 Å². The van der Waals surface area contributed by atoms with Crippen LogP contribution >= 0.6 is 0 Å². The number of benzene rings is 2.